The van der Waals surface area contributed by atoms with Gasteiger partial charge in [-0.05, 0) is 31.4 Å². The Morgan fingerprint density at radius 3 is 2.93 bits per heavy atom. The molecule has 1 rings (SSSR count). The number of nitrogens with zero attached hydrogens (tertiary/aromatic N) is 2. The Hall–Kier alpha value is -1.56. The second-order valence-electron chi connectivity index (χ2n) is 3.35. The first-order valence-corrected chi connectivity index (χ1v) is 4.78. The average molecular weight is 190 g/mol. The van der Waals surface area contributed by atoms with Gasteiger partial charge in [0.25, 0.3) is 5.56 Å². The van der Waals surface area contributed by atoms with Crippen LogP contribution in [0, 0.1) is 18.3 Å². The Balaban J connectivity index is 2.52. The lowest BCUT2D eigenvalue weighted by Gasteiger charge is -2.03. The van der Waals surface area contributed by atoms with Crippen LogP contribution >= 0.6 is 0 Å². The first kappa shape index (κ1) is 10.5. The fourth-order valence-electron chi connectivity index (χ4n) is 1.28. The number of rotatable bonds is 4. The second-order valence-corrected chi connectivity index (χ2v) is 3.35. The predicted octanol–water partition coefficient (Wildman–Crippen LogP) is 1.85. The molecule has 0 saturated carbocycles. The standard InChI is InChI=1S/C11H14N2O/c1-10-5-8-13(11(14)9-10)7-4-2-3-6-12/h5,8-9H,2-4,7H2,1H3. The number of hydrogen-bond acceptors (Lipinski definition) is 2. The first-order valence-electron chi connectivity index (χ1n) is 4.78. The summed E-state index contributed by atoms with van der Waals surface area (Å²) in [5.41, 5.74) is 1.03. The first-order chi connectivity index (χ1) is 6.74. The van der Waals surface area contributed by atoms with E-state index in [2.05, 4.69) is 6.07 Å². The topological polar surface area (TPSA) is 45.8 Å². The summed E-state index contributed by atoms with van der Waals surface area (Å²) < 4.78 is 1.68. The van der Waals surface area contributed by atoms with E-state index in [-0.39, 0.29) is 5.56 Å². The molecule has 14 heavy (non-hydrogen) atoms. The predicted molar refractivity (Wildman–Crippen MR) is 54.9 cm³/mol. The molecule has 0 atom stereocenters. The molecular weight excluding hydrogens is 176 g/mol. The zero-order chi connectivity index (χ0) is 10.4. The number of unbranched alkanes of at least 4 members (excludes halogenated alkanes) is 2. The molecule has 3 heteroatoms. The molecule has 0 fully saturated rings. The third kappa shape index (κ3) is 3.06. The summed E-state index contributed by atoms with van der Waals surface area (Å²) in [6.45, 7) is 2.61. The summed E-state index contributed by atoms with van der Waals surface area (Å²) in [6, 6.07) is 5.64. The van der Waals surface area contributed by atoms with Crippen molar-refractivity contribution in [1.82, 2.24) is 4.57 Å². The van der Waals surface area contributed by atoms with Gasteiger partial charge in [0, 0.05) is 25.2 Å². The van der Waals surface area contributed by atoms with Crippen molar-refractivity contribution in [3.63, 3.8) is 0 Å². The Morgan fingerprint density at radius 1 is 1.50 bits per heavy atom. The van der Waals surface area contributed by atoms with Gasteiger partial charge in [0.15, 0.2) is 0 Å². The van der Waals surface area contributed by atoms with E-state index in [1.807, 2.05) is 19.2 Å². The van der Waals surface area contributed by atoms with Crippen LogP contribution in [0.3, 0.4) is 0 Å². The van der Waals surface area contributed by atoms with E-state index in [4.69, 9.17) is 5.26 Å². The van der Waals surface area contributed by atoms with Crippen molar-refractivity contribution in [2.75, 3.05) is 0 Å². The van der Waals surface area contributed by atoms with Crippen molar-refractivity contribution < 1.29 is 0 Å². The van der Waals surface area contributed by atoms with Crippen LogP contribution in [0.1, 0.15) is 24.8 Å². The Labute approximate surface area is 83.6 Å². The van der Waals surface area contributed by atoms with E-state index < -0.39 is 0 Å². The highest BCUT2D eigenvalue weighted by molar-refractivity contribution is 5.07. The highest BCUT2D eigenvalue weighted by Crippen LogP contribution is 1.97. The molecule has 1 heterocycles. The lowest BCUT2D eigenvalue weighted by molar-refractivity contribution is 0.599. The van der Waals surface area contributed by atoms with Crippen LogP contribution in [0.2, 0.25) is 0 Å². The van der Waals surface area contributed by atoms with E-state index >= 15 is 0 Å². The van der Waals surface area contributed by atoms with Crippen molar-refractivity contribution in [3.05, 3.63) is 34.2 Å². The molecule has 0 N–H and O–H groups in total. The normalized spacial score (nSPS) is 9.71. The SMILES string of the molecule is Cc1ccn(CCCCC#N)c(=O)c1. The molecule has 74 valence electrons. The number of aromatic nitrogens is 1. The second kappa shape index (κ2) is 5.23. The molecule has 1 aromatic heterocycles. The molecule has 3 nitrogen and oxygen atoms in total. The Kier molecular flexibility index (Phi) is 3.93. The molecule has 1 aromatic rings. The highest BCUT2D eigenvalue weighted by Gasteiger charge is 1.95. The summed E-state index contributed by atoms with van der Waals surface area (Å²) >= 11 is 0. The minimum absolute atomic E-state index is 0.0435. The van der Waals surface area contributed by atoms with Crippen LogP contribution in [0.15, 0.2) is 23.1 Å². The van der Waals surface area contributed by atoms with Crippen LogP contribution in [-0.4, -0.2) is 4.57 Å². The van der Waals surface area contributed by atoms with Crippen LogP contribution in [0.4, 0.5) is 0 Å². The monoisotopic (exact) mass is 190 g/mol. The molecule has 0 aliphatic heterocycles. The summed E-state index contributed by atoms with van der Waals surface area (Å²) in [4.78, 5) is 11.4. The van der Waals surface area contributed by atoms with E-state index in [0.717, 1.165) is 18.4 Å². The lowest BCUT2D eigenvalue weighted by atomic mass is 10.2. The van der Waals surface area contributed by atoms with Gasteiger partial charge >= 0.3 is 0 Å². The van der Waals surface area contributed by atoms with Crippen molar-refractivity contribution in [1.29, 1.82) is 5.26 Å². The molecule has 0 aromatic carbocycles. The van der Waals surface area contributed by atoms with Crippen LogP contribution in [0.25, 0.3) is 0 Å². The van der Waals surface area contributed by atoms with Crippen molar-refractivity contribution in [3.8, 4) is 6.07 Å². The van der Waals surface area contributed by atoms with Crippen molar-refractivity contribution in [2.24, 2.45) is 0 Å². The van der Waals surface area contributed by atoms with Gasteiger partial charge in [-0.25, -0.2) is 0 Å². The van der Waals surface area contributed by atoms with E-state index in [1.165, 1.54) is 0 Å². The van der Waals surface area contributed by atoms with Gasteiger partial charge < -0.3 is 4.57 Å². The largest absolute Gasteiger partial charge is 0.316 e. The number of hydrogen-bond donors (Lipinski definition) is 0. The maximum absolute atomic E-state index is 11.4. The smallest absolute Gasteiger partial charge is 0.250 e. The fourth-order valence-corrected chi connectivity index (χ4v) is 1.28. The summed E-state index contributed by atoms with van der Waals surface area (Å²) in [5, 5.41) is 8.34. The lowest BCUT2D eigenvalue weighted by Crippen LogP contribution is -2.18. The zero-order valence-electron chi connectivity index (χ0n) is 8.36. The molecule has 0 aliphatic rings. The van der Waals surface area contributed by atoms with Gasteiger partial charge in [-0.15, -0.1) is 0 Å². The van der Waals surface area contributed by atoms with Crippen LogP contribution in [-0.2, 0) is 6.54 Å². The maximum atomic E-state index is 11.4. The molecule has 0 saturated heterocycles. The third-order valence-corrected chi connectivity index (χ3v) is 2.09. The van der Waals surface area contributed by atoms with E-state index in [0.29, 0.717) is 13.0 Å². The van der Waals surface area contributed by atoms with Gasteiger partial charge in [-0.1, -0.05) is 0 Å². The molecule has 0 amide bonds. The third-order valence-electron chi connectivity index (χ3n) is 2.09. The van der Waals surface area contributed by atoms with Gasteiger partial charge in [-0.2, -0.15) is 5.26 Å². The maximum Gasteiger partial charge on any atom is 0.250 e. The van der Waals surface area contributed by atoms with Gasteiger partial charge in [0.1, 0.15) is 0 Å². The van der Waals surface area contributed by atoms with Gasteiger partial charge in [0.05, 0.1) is 6.07 Å². The number of nitriles is 1. The average Bonchev–Trinajstić information content (AvgIpc) is 2.15. The molecule has 0 bridgehead atoms. The van der Waals surface area contributed by atoms with Crippen molar-refractivity contribution >= 4 is 0 Å². The fraction of sp³-hybridized carbons (Fsp3) is 0.455. The van der Waals surface area contributed by atoms with Crippen LogP contribution in [0.5, 0.6) is 0 Å². The molecule has 0 spiro atoms. The molecule has 0 unspecified atom stereocenters. The molecule has 0 radical (unpaired) electrons. The van der Waals surface area contributed by atoms with Crippen LogP contribution < -0.4 is 5.56 Å². The summed E-state index contributed by atoms with van der Waals surface area (Å²) in [7, 11) is 0. The number of pyridine rings is 1. The highest BCUT2D eigenvalue weighted by atomic mass is 16.1. The summed E-state index contributed by atoms with van der Waals surface area (Å²) in [6.07, 6.45) is 4.12. The Bertz CT molecular complexity index is 387. The minimum atomic E-state index is 0.0435. The minimum Gasteiger partial charge on any atom is -0.316 e. The number of aryl methyl sites for hydroxylation is 2. The van der Waals surface area contributed by atoms with E-state index in [1.54, 1.807) is 10.6 Å². The van der Waals surface area contributed by atoms with Gasteiger partial charge in [0.2, 0.25) is 0 Å². The quantitative estimate of drug-likeness (QED) is 0.680. The van der Waals surface area contributed by atoms with Crippen molar-refractivity contribution in [2.45, 2.75) is 32.7 Å². The molecular formula is C11H14N2O. The zero-order valence-corrected chi connectivity index (χ0v) is 8.36. The Morgan fingerprint density at radius 2 is 2.29 bits per heavy atom. The van der Waals surface area contributed by atoms with Gasteiger partial charge in [-0.3, -0.25) is 4.79 Å². The van der Waals surface area contributed by atoms with E-state index in [9.17, 15) is 4.79 Å². The molecule has 0 aliphatic carbocycles. The summed E-state index contributed by atoms with van der Waals surface area (Å²) in [5.74, 6) is 0.